The van der Waals surface area contributed by atoms with Crippen LogP contribution in [0.1, 0.15) is 27.8 Å². The molecule has 4 nitrogen and oxygen atoms in total. The molecule has 168 valence electrons. The Labute approximate surface area is 200 Å². The van der Waals surface area contributed by atoms with E-state index in [1.165, 1.54) is 16.3 Å². The number of hydrogen-bond donors (Lipinski definition) is 1. The van der Waals surface area contributed by atoms with E-state index in [1.54, 1.807) is 6.08 Å². The Kier molecular flexibility index (Phi) is 6.75. The molecule has 0 saturated carbocycles. The highest BCUT2D eigenvalue weighted by Crippen LogP contribution is 2.24. The Balaban J connectivity index is 1.45. The van der Waals surface area contributed by atoms with E-state index in [-0.39, 0.29) is 5.57 Å². The number of nitrogens with zero attached hydrogens (tertiary/aromatic N) is 1. The lowest BCUT2D eigenvalue weighted by Crippen LogP contribution is -2.13. The van der Waals surface area contributed by atoms with Crippen molar-refractivity contribution in [3.8, 4) is 11.8 Å². The number of benzene rings is 4. The van der Waals surface area contributed by atoms with Crippen LogP contribution in [0.2, 0.25) is 0 Å². The standard InChI is InChI=1S/C30H26N2O2/c1-20-9-13-26(16-22(20)3)32-30(33)25(18-31)17-23-10-14-27(15-11-23)34-19-29-21(2)8-12-24-6-4-5-7-28(24)29/h4-17H,19H2,1-3H3,(H,32,33)/b25-17+. The normalized spacial score (nSPS) is 11.2. The molecule has 0 unspecified atom stereocenters. The van der Waals surface area contributed by atoms with Crippen molar-refractivity contribution < 1.29 is 9.53 Å². The Hall–Kier alpha value is -4.36. The van der Waals surface area contributed by atoms with E-state index in [0.717, 1.165) is 28.0 Å². The van der Waals surface area contributed by atoms with Crippen LogP contribution in [0.15, 0.2) is 84.4 Å². The Morgan fingerprint density at radius 2 is 1.65 bits per heavy atom. The van der Waals surface area contributed by atoms with Gasteiger partial charge in [0.25, 0.3) is 5.91 Å². The summed E-state index contributed by atoms with van der Waals surface area (Å²) in [6.07, 6.45) is 1.58. The average molecular weight is 447 g/mol. The minimum Gasteiger partial charge on any atom is -0.489 e. The quantitative estimate of drug-likeness (QED) is 0.259. The molecule has 0 heterocycles. The van der Waals surface area contributed by atoms with Crippen molar-refractivity contribution in [3.63, 3.8) is 0 Å². The first-order valence-electron chi connectivity index (χ1n) is 11.1. The van der Waals surface area contributed by atoms with Crippen LogP contribution in [-0.4, -0.2) is 5.91 Å². The predicted octanol–water partition coefficient (Wildman–Crippen LogP) is 6.89. The minimum absolute atomic E-state index is 0.0401. The molecule has 4 rings (SSSR count). The maximum Gasteiger partial charge on any atom is 0.266 e. The van der Waals surface area contributed by atoms with Crippen molar-refractivity contribution in [1.82, 2.24) is 0 Å². The summed E-state index contributed by atoms with van der Waals surface area (Å²) < 4.78 is 6.05. The number of anilines is 1. The zero-order chi connectivity index (χ0) is 24.1. The zero-order valence-electron chi connectivity index (χ0n) is 19.6. The number of fused-ring (bicyclic) bond motifs is 1. The maximum atomic E-state index is 12.6. The molecule has 1 amide bonds. The molecule has 4 aromatic carbocycles. The van der Waals surface area contributed by atoms with E-state index in [1.807, 2.05) is 74.5 Å². The van der Waals surface area contributed by atoms with E-state index in [9.17, 15) is 10.1 Å². The fourth-order valence-corrected chi connectivity index (χ4v) is 3.79. The van der Waals surface area contributed by atoms with E-state index in [4.69, 9.17) is 4.74 Å². The van der Waals surface area contributed by atoms with Crippen molar-refractivity contribution in [3.05, 3.63) is 112 Å². The largest absolute Gasteiger partial charge is 0.489 e. The third kappa shape index (κ3) is 5.16. The summed E-state index contributed by atoms with van der Waals surface area (Å²) in [5.74, 6) is 0.292. The molecule has 0 aromatic heterocycles. The van der Waals surface area contributed by atoms with Gasteiger partial charge in [-0.25, -0.2) is 0 Å². The van der Waals surface area contributed by atoms with Gasteiger partial charge in [0.15, 0.2) is 0 Å². The molecule has 0 aliphatic carbocycles. The Morgan fingerprint density at radius 1 is 0.912 bits per heavy atom. The maximum absolute atomic E-state index is 12.6. The van der Waals surface area contributed by atoms with Gasteiger partial charge in [0.05, 0.1) is 0 Å². The molecule has 0 aliphatic heterocycles. The summed E-state index contributed by atoms with van der Waals surface area (Å²) in [5, 5.41) is 14.7. The number of amides is 1. The SMILES string of the molecule is Cc1ccc(NC(=O)/C(C#N)=C/c2ccc(OCc3c(C)ccc4ccccc34)cc2)cc1C. The van der Waals surface area contributed by atoms with Crippen LogP contribution >= 0.6 is 0 Å². The summed E-state index contributed by atoms with van der Waals surface area (Å²) in [5.41, 5.74) is 6.03. The van der Waals surface area contributed by atoms with Crippen LogP contribution in [0.4, 0.5) is 5.69 Å². The highest BCUT2D eigenvalue weighted by Gasteiger charge is 2.10. The molecular weight excluding hydrogens is 420 g/mol. The summed E-state index contributed by atoms with van der Waals surface area (Å²) >= 11 is 0. The second-order valence-electron chi connectivity index (χ2n) is 8.36. The van der Waals surface area contributed by atoms with Gasteiger partial charge in [-0.05, 0) is 84.1 Å². The predicted molar refractivity (Wildman–Crippen MR) is 138 cm³/mol. The number of hydrogen-bond acceptors (Lipinski definition) is 3. The molecule has 0 bridgehead atoms. The van der Waals surface area contributed by atoms with Crippen molar-refractivity contribution in [2.45, 2.75) is 27.4 Å². The van der Waals surface area contributed by atoms with Crippen molar-refractivity contribution >= 4 is 28.4 Å². The topological polar surface area (TPSA) is 62.1 Å². The van der Waals surface area contributed by atoms with E-state index in [0.29, 0.717) is 12.3 Å². The van der Waals surface area contributed by atoms with Gasteiger partial charge in [0.2, 0.25) is 0 Å². The van der Waals surface area contributed by atoms with Crippen molar-refractivity contribution in [2.75, 3.05) is 5.32 Å². The summed E-state index contributed by atoms with van der Waals surface area (Å²) in [6.45, 7) is 6.55. The first kappa shape index (κ1) is 22.8. The lowest BCUT2D eigenvalue weighted by atomic mass is 10.0. The summed E-state index contributed by atoms with van der Waals surface area (Å²) in [6, 6.07) is 27.6. The molecule has 1 N–H and O–H groups in total. The van der Waals surface area contributed by atoms with E-state index in [2.05, 4.69) is 36.5 Å². The van der Waals surface area contributed by atoms with Crippen LogP contribution in [0, 0.1) is 32.1 Å². The van der Waals surface area contributed by atoms with Gasteiger partial charge in [0, 0.05) is 11.3 Å². The van der Waals surface area contributed by atoms with Crippen LogP contribution < -0.4 is 10.1 Å². The number of ether oxygens (including phenoxy) is 1. The molecule has 4 heteroatoms. The molecule has 0 saturated heterocycles. The number of rotatable bonds is 6. The molecule has 0 spiro atoms. The molecule has 0 radical (unpaired) electrons. The lowest BCUT2D eigenvalue weighted by Gasteiger charge is -2.12. The molecule has 4 aromatic rings. The van der Waals surface area contributed by atoms with Gasteiger partial charge < -0.3 is 10.1 Å². The second kappa shape index (κ2) is 10.1. The van der Waals surface area contributed by atoms with E-state index >= 15 is 0 Å². The average Bonchev–Trinajstić information content (AvgIpc) is 2.85. The summed E-state index contributed by atoms with van der Waals surface area (Å²) in [7, 11) is 0. The molecular formula is C30H26N2O2. The number of aryl methyl sites for hydroxylation is 3. The van der Waals surface area contributed by atoms with Crippen LogP contribution in [0.5, 0.6) is 5.75 Å². The molecule has 0 atom stereocenters. The Morgan fingerprint density at radius 3 is 2.38 bits per heavy atom. The van der Waals surface area contributed by atoms with Crippen LogP contribution in [0.3, 0.4) is 0 Å². The number of carbonyl (C=O) groups excluding carboxylic acids is 1. The zero-order valence-corrected chi connectivity index (χ0v) is 19.6. The first-order valence-corrected chi connectivity index (χ1v) is 11.1. The molecule has 34 heavy (non-hydrogen) atoms. The monoisotopic (exact) mass is 446 g/mol. The number of carbonyl (C=O) groups is 1. The first-order chi connectivity index (χ1) is 16.4. The fourth-order valence-electron chi connectivity index (χ4n) is 3.79. The molecule has 0 fully saturated rings. The third-order valence-corrected chi connectivity index (χ3v) is 5.98. The summed E-state index contributed by atoms with van der Waals surface area (Å²) in [4.78, 5) is 12.6. The van der Waals surface area contributed by atoms with E-state index < -0.39 is 5.91 Å². The van der Waals surface area contributed by atoms with Crippen LogP contribution in [0.25, 0.3) is 16.8 Å². The smallest absolute Gasteiger partial charge is 0.266 e. The highest BCUT2D eigenvalue weighted by molar-refractivity contribution is 6.09. The fraction of sp³-hybridized carbons (Fsp3) is 0.133. The van der Waals surface area contributed by atoms with Gasteiger partial charge in [-0.15, -0.1) is 0 Å². The highest BCUT2D eigenvalue weighted by atomic mass is 16.5. The van der Waals surface area contributed by atoms with Gasteiger partial charge in [-0.2, -0.15) is 5.26 Å². The third-order valence-electron chi connectivity index (χ3n) is 5.98. The Bertz CT molecular complexity index is 1430. The van der Waals surface area contributed by atoms with Gasteiger partial charge in [-0.3, -0.25) is 4.79 Å². The molecule has 0 aliphatic rings. The van der Waals surface area contributed by atoms with Gasteiger partial charge >= 0.3 is 0 Å². The minimum atomic E-state index is -0.433. The van der Waals surface area contributed by atoms with Crippen molar-refractivity contribution in [2.24, 2.45) is 0 Å². The lowest BCUT2D eigenvalue weighted by molar-refractivity contribution is -0.112. The van der Waals surface area contributed by atoms with Gasteiger partial charge in [-0.1, -0.05) is 54.6 Å². The number of nitrogens with one attached hydrogen (secondary N) is 1. The second-order valence-corrected chi connectivity index (χ2v) is 8.36. The van der Waals surface area contributed by atoms with Gasteiger partial charge in [0.1, 0.15) is 24.0 Å². The van der Waals surface area contributed by atoms with Crippen molar-refractivity contribution in [1.29, 1.82) is 5.26 Å². The number of nitriles is 1. The van der Waals surface area contributed by atoms with Crippen LogP contribution in [-0.2, 0) is 11.4 Å².